The van der Waals surface area contributed by atoms with Crippen LogP contribution in [0.15, 0.2) is 24.3 Å². The van der Waals surface area contributed by atoms with Crippen LogP contribution in [0.4, 0.5) is 0 Å². The van der Waals surface area contributed by atoms with Crippen LogP contribution >= 0.6 is 11.6 Å². The van der Waals surface area contributed by atoms with Crippen molar-refractivity contribution in [2.45, 2.75) is 18.9 Å². The van der Waals surface area contributed by atoms with Crippen molar-refractivity contribution in [2.24, 2.45) is 5.92 Å². The van der Waals surface area contributed by atoms with Gasteiger partial charge in [0.1, 0.15) is 5.75 Å². The molecule has 1 atom stereocenters. The second kappa shape index (κ2) is 4.74. The minimum Gasteiger partial charge on any atom is -0.477 e. The zero-order valence-corrected chi connectivity index (χ0v) is 9.74. The maximum atomic E-state index is 11.5. The van der Waals surface area contributed by atoms with Gasteiger partial charge in [0.2, 0.25) is 0 Å². The predicted molar refractivity (Wildman–Crippen MR) is 60.6 cm³/mol. The summed E-state index contributed by atoms with van der Waals surface area (Å²) in [6.07, 6.45) is 1.49. The van der Waals surface area contributed by atoms with E-state index < -0.39 is 6.10 Å². The molecule has 4 heteroatoms. The van der Waals surface area contributed by atoms with Crippen molar-refractivity contribution in [3.8, 4) is 5.75 Å². The highest BCUT2D eigenvalue weighted by Crippen LogP contribution is 2.36. The molecule has 0 N–H and O–H groups in total. The number of hydrogen-bond donors (Lipinski definition) is 0. The lowest BCUT2D eigenvalue weighted by Crippen LogP contribution is -2.30. The number of ether oxygens (including phenoxy) is 2. The highest BCUT2D eigenvalue weighted by molar-refractivity contribution is 6.32. The van der Waals surface area contributed by atoms with Crippen molar-refractivity contribution in [1.82, 2.24) is 0 Å². The Bertz CT molecular complexity index is 388. The lowest BCUT2D eigenvalue weighted by molar-refractivity contribution is -0.149. The first-order valence-electron chi connectivity index (χ1n) is 5.21. The molecule has 2 rings (SSSR count). The molecule has 0 heterocycles. The van der Waals surface area contributed by atoms with E-state index in [1.165, 1.54) is 7.11 Å². The molecule has 1 saturated carbocycles. The van der Waals surface area contributed by atoms with E-state index in [4.69, 9.17) is 21.1 Å². The lowest BCUT2D eigenvalue weighted by atomic mass is 10.2. The van der Waals surface area contributed by atoms with Gasteiger partial charge in [-0.25, -0.2) is 4.79 Å². The van der Waals surface area contributed by atoms with Crippen LogP contribution in [0.25, 0.3) is 0 Å². The summed E-state index contributed by atoms with van der Waals surface area (Å²) < 4.78 is 10.3. The summed E-state index contributed by atoms with van der Waals surface area (Å²) >= 11 is 5.96. The Morgan fingerprint density at radius 1 is 1.44 bits per heavy atom. The quantitative estimate of drug-likeness (QED) is 0.759. The Morgan fingerprint density at radius 3 is 2.69 bits per heavy atom. The van der Waals surface area contributed by atoms with Crippen LogP contribution in [0.3, 0.4) is 0 Å². The molecule has 1 fully saturated rings. The van der Waals surface area contributed by atoms with E-state index in [1.807, 2.05) is 12.1 Å². The average Bonchev–Trinajstić information content (AvgIpc) is 3.11. The fourth-order valence-corrected chi connectivity index (χ4v) is 1.71. The minimum absolute atomic E-state index is 0.267. The summed E-state index contributed by atoms with van der Waals surface area (Å²) in [4.78, 5) is 11.5. The topological polar surface area (TPSA) is 35.5 Å². The third-order valence-corrected chi connectivity index (χ3v) is 2.89. The van der Waals surface area contributed by atoms with Crippen LogP contribution in [0.5, 0.6) is 5.75 Å². The van der Waals surface area contributed by atoms with Crippen molar-refractivity contribution in [3.05, 3.63) is 29.3 Å². The van der Waals surface area contributed by atoms with Gasteiger partial charge in [0.15, 0.2) is 6.10 Å². The van der Waals surface area contributed by atoms with Gasteiger partial charge in [0.25, 0.3) is 0 Å². The summed E-state index contributed by atoms with van der Waals surface area (Å²) in [5.41, 5.74) is 0. The molecular formula is C12H13ClO3. The first kappa shape index (κ1) is 11.3. The van der Waals surface area contributed by atoms with Crippen LogP contribution in [0.2, 0.25) is 5.02 Å². The zero-order valence-electron chi connectivity index (χ0n) is 8.98. The fraction of sp³-hybridized carbons (Fsp3) is 0.417. The maximum Gasteiger partial charge on any atom is 0.347 e. The smallest absolute Gasteiger partial charge is 0.347 e. The van der Waals surface area contributed by atoms with Crippen molar-refractivity contribution in [2.75, 3.05) is 7.11 Å². The van der Waals surface area contributed by atoms with Crippen LogP contribution in [-0.2, 0) is 9.53 Å². The minimum atomic E-state index is -0.523. The standard InChI is InChI=1S/C12H13ClO3/c1-15-12(14)11(8-6-7-8)16-10-5-3-2-4-9(10)13/h2-5,8,11H,6-7H2,1H3. The third-order valence-electron chi connectivity index (χ3n) is 2.57. The van der Waals surface area contributed by atoms with Gasteiger partial charge < -0.3 is 9.47 Å². The third kappa shape index (κ3) is 2.47. The van der Waals surface area contributed by atoms with E-state index in [0.717, 1.165) is 12.8 Å². The second-order valence-electron chi connectivity index (χ2n) is 3.83. The second-order valence-corrected chi connectivity index (χ2v) is 4.24. The number of benzene rings is 1. The SMILES string of the molecule is COC(=O)C(Oc1ccccc1Cl)C1CC1. The summed E-state index contributed by atoms with van der Waals surface area (Å²) in [5.74, 6) is 0.470. The summed E-state index contributed by atoms with van der Waals surface area (Å²) in [5, 5.41) is 0.511. The van der Waals surface area contributed by atoms with Gasteiger partial charge in [-0.05, 0) is 25.0 Å². The largest absolute Gasteiger partial charge is 0.477 e. The number of esters is 1. The number of hydrogen-bond acceptors (Lipinski definition) is 3. The van der Waals surface area contributed by atoms with Crippen LogP contribution in [0.1, 0.15) is 12.8 Å². The zero-order chi connectivity index (χ0) is 11.5. The highest BCUT2D eigenvalue weighted by atomic mass is 35.5. The molecule has 1 aromatic carbocycles. The van der Waals surface area contributed by atoms with Gasteiger partial charge >= 0.3 is 5.97 Å². The van der Waals surface area contributed by atoms with E-state index in [-0.39, 0.29) is 11.9 Å². The molecule has 1 aliphatic carbocycles. The van der Waals surface area contributed by atoms with Crippen molar-refractivity contribution < 1.29 is 14.3 Å². The number of rotatable bonds is 4. The molecule has 0 bridgehead atoms. The van der Waals surface area contributed by atoms with Gasteiger partial charge in [-0.3, -0.25) is 0 Å². The monoisotopic (exact) mass is 240 g/mol. The molecule has 3 nitrogen and oxygen atoms in total. The molecule has 0 spiro atoms. The normalized spacial score (nSPS) is 16.6. The Morgan fingerprint density at radius 2 is 2.12 bits per heavy atom. The number of carbonyl (C=O) groups excluding carboxylic acids is 1. The first-order valence-corrected chi connectivity index (χ1v) is 5.59. The van der Waals surface area contributed by atoms with Crippen molar-refractivity contribution in [3.63, 3.8) is 0 Å². The van der Waals surface area contributed by atoms with E-state index in [1.54, 1.807) is 12.1 Å². The first-order chi connectivity index (χ1) is 7.72. The van der Waals surface area contributed by atoms with E-state index in [9.17, 15) is 4.79 Å². The van der Waals surface area contributed by atoms with Crippen LogP contribution < -0.4 is 4.74 Å². The molecule has 16 heavy (non-hydrogen) atoms. The molecule has 0 amide bonds. The van der Waals surface area contributed by atoms with Gasteiger partial charge in [0, 0.05) is 5.92 Å². The van der Waals surface area contributed by atoms with Gasteiger partial charge in [-0.2, -0.15) is 0 Å². The molecule has 0 radical (unpaired) electrons. The highest BCUT2D eigenvalue weighted by Gasteiger charge is 2.39. The fourth-order valence-electron chi connectivity index (χ4n) is 1.53. The molecule has 1 aliphatic rings. The summed E-state index contributed by atoms with van der Waals surface area (Å²) in [6, 6.07) is 7.13. The lowest BCUT2D eigenvalue weighted by Gasteiger charge is -2.16. The Kier molecular flexibility index (Phi) is 3.34. The number of carbonyl (C=O) groups is 1. The molecule has 86 valence electrons. The summed E-state index contributed by atoms with van der Waals surface area (Å²) in [7, 11) is 1.37. The molecule has 1 aromatic rings. The predicted octanol–water partition coefficient (Wildman–Crippen LogP) is 2.67. The Balaban J connectivity index is 2.11. The Hall–Kier alpha value is -1.22. The van der Waals surface area contributed by atoms with Crippen LogP contribution in [0, 0.1) is 5.92 Å². The molecule has 0 saturated heterocycles. The molecule has 0 aromatic heterocycles. The maximum absolute atomic E-state index is 11.5. The summed E-state index contributed by atoms with van der Waals surface area (Å²) in [6.45, 7) is 0. The van der Waals surface area contributed by atoms with Crippen molar-refractivity contribution >= 4 is 17.6 Å². The number of para-hydroxylation sites is 1. The van der Waals surface area contributed by atoms with E-state index in [2.05, 4.69) is 0 Å². The van der Waals surface area contributed by atoms with Crippen LogP contribution in [-0.4, -0.2) is 19.2 Å². The Labute approximate surface area is 99.3 Å². The number of methoxy groups -OCH3 is 1. The number of halogens is 1. The molecule has 0 aliphatic heterocycles. The average molecular weight is 241 g/mol. The van der Waals surface area contributed by atoms with E-state index in [0.29, 0.717) is 10.8 Å². The van der Waals surface area contributed by atoms with E-state index >= 15 is 0 Å². The van der Waals surface area contributed by atoms with Gasteiger partial charge in [-0.15, -0.1) is 0 Å². The molecule has 1 unspecified atom stereocenters. The van der Waals surface area contributed by atoms with Gasteiger partial charge in [-0.1, -0.05) is 23.7 Å². The van der Waals surface area contributed by atoms with Gasteiger partial charge in [0.05, 0.1) is 12.1 Å². The van der Waals surface area contributed by atoms with Crippen molar-refractivity contribution in [1.29, 1.82) is 0 Å². The molecular weight excluding hydrogens is 228 g/mol.